The molecule has 0 bridgehead atoms. The van der Waals surface area contributed by atoms with Gasteiger partial charge in [0, 0.05) is 5.57 Å². The van der Waals surface area contributed by atoms with Crippen LogP contribution in [0.1, 0.15) is 37.8 Å². The van der Waals surface area contributed by atoms with E-state index in [0.717, 1.165) is 29.5 Å². The first kappa shape index (κ1) is 14.6. The molecule has 0 saturated heterocycles. The highest BCUT2D eigenvalue weighted by atomic mass is 16.6. The Kier molecular flexibility index (Phi) is 3.84. The molecule has 0 saturated carbocycles. The van der Waals surface area contributed by atoms with Gasteiger partial charge in [0.2, 0.25) is 0 Å². The Hall–Kier alpha value is -2.35. The smallest absolute Gasteiger partial charge is 0.340 e. The van der Waals surface area contributed by atoms with Gasteiger partial charge < -0.3 is 4.74 Å². The molecule has 2 aromatic rings. The van der Waals surface area contributed by atoms with Crippen LogP contribution in [-0.4, -0.2) is 11.6 Å². The minimum absolute atomic E-state index is 0.214. The Morgan fingerprint density at radius 3 is 1.82 bits per heavy atom. The van der Waals surface area contributed by atoms with Crippen molar-refractivity contribution >= 4 is 17.1 Å². The van der Waals surface area contributed by atoms with Crippen LogP contribution in [0.5, 0.6) is 0 Å². The molecule has 1 aliphatic rings. The summed E-state index contributed by atoms with van der Waals surface area (Å²) in [6.07, 6.45) is 1.55. The van der Waals surface area contributed by atoms with Gasteiger partial charge in [0.15, 0.2) is 0 Å². The average Bonchev–Trinajstić information content (AvgIpc) is 2.89. The average molecular weight is 292 g/mol. The fourth-order valence-electron chi connectivity index (χ4n) is 3.24. The van der Waals surface area contributed by atoms with Crippen LogP contribution >= 0.6 is 0 Å². The third-order valence-electron chi connectivity index (χ3n) is 4.46. The van der Waals surface area contributed by atoms with Gasteiger partial charge in [0.25, 0.3) is 0 Å². The summed E-state index contributed by atoms with van der Waals surface area (Å²) in [5, 5.41) is 0. The third kappa shape index (κ3) is 2.25. The van der Waals surface area contributed by atoms with E-state index >= 15 is 0 Å². The fraction of sp³-hybridized carbons (Fsp3) is 0.250. The van der Waals surface area contributed by atoms with E-state index in [9.17, 15) is 4.79 Å². The number of benzene rings is 2. The number of carbonyl (C=O) groups excluding carboxylic acids is 1. The zero-order valence-electron chi connectivity index (χ0n) is 13.0. The summed E-state index contributed by atoms with van der Waals surface area (Å²) in [7, 11) is 0. The van der Waals surface area contributed by atoms with Crippen LogP contribution in [-0.2, 0) is 9.53 Å². The van der Waals surface area contributed by atoms with Gasteiger partial charge in [-0.1, -0.05) is 74.5 Å². The van der Waals surface area contributed by atoms with Crippen molar-refractivity contribution in [3.63, 3.8) is 0 Å². The molecule has 0 radical (unpaired) electrons. The van der Waals surface area contributed by atoms with Gasteiger partial charge in [-0.2, -0.15) is 0 Å². The number of carbonyl (C=O) groups is 1. The molecular weight excluding hydrogens is 272 g/mol. The van der Waals surface area contributed by atoms with Crippen molar-refractivity contribution in [2.24, 2.45) is 0 Å². The second-order valence-corrected chi connectivity index (χ2v) is 5.57. The van der Waals surface area contributed by atoms with Crippen LogP contribution < -0.4 is 0 Å². The Balaban J connectivity index is 2.29. The van der Waals surface area contributed by atoms with Gasteiger partial charge in [-0.25, -0.2) is 4.79 Å². The Bertz CT molecular complexity index is 695. The quantitative estimate of drug-likeness (QED) is 0.763. The number of hydrogen-bond acceptors (Lipinski definition) is 2. The molecule has 0 aromatic heterocycles. The van der Waals surface area contributed by atoms with Gasteiger partial charge in [-0.15, -0.1) is 0 Å². The van der Waals surface area contributed by atoms with E-state index in [4.69, 9.17) is 4.74 Å². The van der Waals surface area contributed by atoms with Crippen LogP contribution in [0.3, 0.4) is 0 Å². The number of hydrogen-bond donors (Lipinski definition) is 0. The lowest BCUT2D eigenvalue weighted by atomic mass is 9.81. The number of esters is 1. The standard InChI is InChI=1S/C20H20O2/c1-3-20(4-2)18(16-13-9-6-10-14-16)17(19(21)22-20)15-11-7-5-8-12-15/h5-14H,3-4H2,1-2H3. The molecule has 0 fully saturated rings. The molecule has 22 heavy (non-hydrogen) atoms. The summed E-state index contributed by atoms with van der Waals surface area (Å²) in [5.41, 5.74) is 3.19. The maximum atomic E-state index is 12.6. The van der Waals surface area contributed by atoms with Crippen LogP contribution in [0.4, 0.5) is 0 Å². The Morgan fingerprint density at radius 1 is 0.818 bits per heavy atom. The van der Waals surface area contributed by atoms with Crippen molar-refractivity contribution in [1.29, 1.82) is 0 Å². The normalized spacial score (nSPS) is 16.7. The van der Waals surface area contributed by atoms with Crippen molar-refractivity contribution in [1.82, 2.24) is 0 Å². The maximum Gasteiger partial charge on any atom is 0.340 e. The summed E-state index contributed by atoms with van der Waals surface area (Å²) in [5.74, 6) is -0.214. The topological polar surface area (TPSA) is 26.3 Å². The van der Waals surface area contributed by atoms with Gasteiger partial charge in [-0.05, 0) is 24.0 Å². The summed E-state index contributed by atoms with van der Waals surface area (Å²) in [4.78, 5) is 12.6. The van der Waals surface area contributed by atoms with Crippen LogP contribution in [0.25, 0.3) is 11.1 Å². The predicted octanol–water partition coefficient (Wildman–Crippen LogP) is 4.71. The monoisotopic (exact) mass is 292 g/mol. The van der Waals surface area contributed by atoms with E-state index in [-0.39, 0.29) is 5.97 Å². The van der Waals surface area contributed by atoms with Crippen LogP contribution in [0.15, 0.2) is 60.7 Å². The Morgan fingerprint density at radius 2 is 1.32 bits per heavy atom. The van der Waals surface area contributed by atoms with E-state index in [0.29, 0.717) is 5.57 Å². The van der Waals surface area contributed by atoms with Crippen molar-refractivity contribution in [3.05, 3.63) is 71.8 Å². The molecule has 0 unspecified atom stereocenters. The zero-order valence-corrected chi connectivity index (χ0v) is 13.0. The molecule has 2 heteroatoms. The molecule has 0 amide bonds. The lowest BCUT2D eigenvalue weighted by Gasteiger charge is -2.29. The SMILES string of the molecule is CCC1(CC)OC(=O)C(c2ccccc2)=C1c1ccccc1. The van der Waals surface area contributed by atoms with Gasteiger partial charge in [0.1, 0.15) is 5.60 Å². The van der Waals surface area contributed by atoms with Crippen molar-refractivity contribution in [2.75, 3.05) is 0 Å². The molecule has 112 valence electrons. The second kappa shape index (κ2) is 5.80. The summed E-state index contributed by atoms with van der Waals surface area (Å²) in [6.45, 7) is 4.15. The minimum Gasteiger partial charge on any atom is -0.451 e. The van der Waals surface area contributed by atoms with Crippen LogP contribution in [0.2, 0.25) is 0 Å². The first-order valence-corrected chi connectivity index (χ1v) is 7.81. The molecule has 3 rings (SSSR count). The lowest BCUT2D eigenvalue weighted by Crippen LogP contribution is -2.29. The first-order chi connectivity index (χ1) is 10.7. The Labute approximate surface area is 131 Å². The molecular formula is C20H20O2. The van der Waals surface area contributed by atoms with Crippen molar-refractivity contribution in [2.45, 2.75) is 32.3 Å². The van der Waals surface area contributed by atoms with E-state index < -0.39 is 5.60 Å². The van der Waals surface area contributed by atoms with Gasteiger partial charge in [-0.3, -0.25) is 0 Å². The van der Waals surface area contributed by atoms with Gasteiger partial charge >= 0.3 is 5.97 Å². The van der Waals surface area contributed by atoms with E-state index in [1.165, 1.54) is 0 Å². The highest BCUT2D eigenvalue weighted by Crippen LogP contribution is 2.47. The summed E-state index contributed by atoms with van der Waals surface area (Å²) in [6, 6.07) is 19.9. The molecule has 0 aliphatic carbocycles. The first-order valence-electron chi connectivity index (χ1n) is 7.81. The molecule has 1 heterocycles. The third-order valence-corrected chi connectivity index (χ3v) is 4.46. The fourth-order valence-corrected chi connectivity index (χ4v) is 3.24. The van der Waals surface area contributed by atoms with E-state index in [1.54, 1.807) is 0 Å². The second-order valence-electron chi connectivity index (χ2n) is 5.57. The molecule has 0 atom stereocenters. The highest BCUT2D eigenvalue weighted by Gasteiger charge is 2.45. The highest BCUT2D eigenvalue weighted by molar-refractivity contribution is 6.28. The van der Waals surface area contributed by atoms with Crippen LogP contribution in [0, 0.1) is 0 Å². The molecule has 0 N–H and O–H groups in total. The lowest BCUT2D eigenvalue weighted by molar-refractivity contribution is -0.144. The largest absolute Gasteiger partial charge is 0.451 e. The van der Waals surface area contributed by atoms with Crippen molar-refractivity contribution < 1.29 is 9.53 Å². The number of cyclic esters (lactones) is 1. The molecule has 2 nitrogen and oxygen atoms in total. The predicted molar refractivity (Wildman–Crippen MR) is 89.1 cm³/mol. The number of ether oxygens (including phenoxy) is 1. The maximum absolute atomic E-state index is 12.6. The zero-order chi connectivity index (χ0) is 15.6. The molecule has 2 aromatic carbocycles. The minimum atomic E-state index is -0.524. The summed E-state index contributed by atoms with van der Waals surface area (Å²) < 4.78 is 5.87. The van der Waals surface area contributed by atoms with E-state index in [1.807, 2.05) is 48.5 Å². The molecule has 0 spiro atoms. The van der Waals surface area contributed by atoms with Crippen molar-refractivity contribution in [3.8, 4) is 0 Å². The number of rotatable bonds is 4. The van der Waals surface area contributed by atoms with E-state index in [2.05, 4.69) is 26.0 Å². The summed E-state index contributed by atoms with van der Waals surface area (Å²) >= 11 is 0. The molecule has 1 aliphatic heterocycles. The van der Waals surface area contributed by atoms with Gasteiger partial charge in [0.05, 0.1) is 5.57 Å².